The number of carbonyl (C=O) groups is 1. The Kier molecular flexibility index (Phi) is 7.42. The topological polar surface area (TPSA) is 61.4 Å². The zero-order chi connectivity index (χ0) is 11.0. The van der Waals surface area contributed by atoms with Crippen LogP contribution in [0.1, 0.15) is 33.6 Å². The molecule has 1 unspecified atom stereocenters. The summed E-state index contributed by atoms with van der Waals surface area (Å²) in [7, 11) is 0. The second kappa shape index (κ2) is 7.76. The number of nitrogens with one attached hydrogen (secondary N) is 2. The Hall–Kier alpha value is -0.610. The highest BCUT2D eigenvalue weighted by Gasteiger charge is 2.04. The van der Waals surface area contributed by atoms with E-state index < -0.39 is 0 Å². The van der Waals surface area contributed by atoms with E-state index in [2.05, 4.69) is 10.6 Å². The van der Waals surface area contributed by atoms with Crippen molar-refractivity contribution in [2.24, 2.45) is 0 Å². The van der Waals surface area contributed by atoms with E-state index in [1.54, 1.807) is 6.92 Å². The van der Waals surface area contributed by atoms with Gasteiger partial charge in [0.1, 0.15) is 0 Å². The first-order chi connectivity index (χ1) is 6.56. The summed E-state index contributed by atoms with van der Waals surface area (Å²) in [5.41, 5.74) is 0. The molecule has 0 saturated heterocycles. The molecular weight excluding hydrogens is 180 g/mol. The molecule has 0 radical (unpaired) electrons. The summed E-state index contributed by atoms with van der Waals surface area (Å²) in [6, 6.07) is 0.249. The molecule has 0 aliphatic heterocycles. The molecule has 1 amide bonds. The first-order valence-electron chi connectivity index (χ1n) is 5.24. The largest absolute Gasteiger partial charge is 0.392 e. The summed E-state index contributed by atoms with van der Waals surface area (Å²) in [6.45, 7) is 6.90. The number of rotatable bonds is 7. The van der Waals surface area contributed by atoms with Crippen LogP contribution in [-0.4, -0.2) is 36.2 Å². The zero-order valence-electron chi connectivity index (χ0n) is 9.34. The van der Waals surface area contributed by atoms with Gasteiger partial charge >= 0.3 is 0 Å². The Balaban J connectivity index is 3.36. The van der Waals surface area contributed by atoms with Crippen molar-refractivity contribution < 1.29 is 9.90 Å². The number of hydrogen-bond acceptors (Lipinski definition) is 3. The summed E-state index contributed by atoms with van der Waals surface area (Å²) in [5, 5.41) is 14.8. The zero-order valence-corrected chi connectivity index (χ0v) is 9.34. The van der Waals surface area contributed by atoms with Gasteiger partial charge in [0, 0.05) is 25.6 Å². The van der Waals surface area contributed by atoms with E-state index >= 15 is 0 Å². The van der Waals surface area contributed by atoms with Gasteiger partial charge in [0.2, 0.25) is 5.91 Å². The third-order valence-corrected chi connectivity index (χ3v) is 1.99. The molecule has 14 heavy (non-hydrogen) atoms. The maximum absolute atomic E-state index is 11.2. The highest BCUT2D eigenvalue weighted by Crippen LogP contribution is 1.89. The van der Waals surface area contributed by atoms with Crippen LogP contribution in [0.15, 0.2) is 0 Å². The van der Waals surface area contributed by atoms with E-state index in [-0.39, 0.29) is 18.1 Å². The van der Waals surface area contributed by atoms with Crippen molar-refractivity contribution >= 4 is 5.91 Å². The number of hydrogen-bond donors (Lipinski definition) is 3. The maximum Gasteiger partial charge on any atom is 0.221 e. The lowest BCUT2D eigenvalue weighted by molar-refractivity contribution is -0.121. The van der Waals surface area contributed by atoms with Gasteiger partial charge in [-0.15, -0.1) is 0 Å². The molecule has 4 heteroatoms. The van der Waals surface area contributed by atoms with Gasteiger partial charge in [-0.1, -0.05) is 6.92 Å². The standard InChI is InChI=1S/C10H22N2O2/c1-4-8(2)12-10(14)5-6-11-7-9(3)13/h8-9,11,13H,4-7H2,1-3H3,(H,12,14)/t8?,9-/m0/s1. The Labute approximate surface area is 86.1 Å². The number of aliphatic hydroxyl groups is 1. The first kappa shape index (κ1) is 13.4. The quantitative estimate of drug-likeness (QED) is 0.519. The fourth-order valence-corrected chi connectivity index (χ4v) is 0.962. The van der Waals surface area contributed by atoms with Gasteiger partial charge in [0.15, 0.2) is 0 Å². The molecule has 0 aromatic rings. The monoisotopic (exact) mass is 202 g/mol. The van der Waals surface area contributed by atoms with E-state index in [1.807, 2.05) is 13.8 Å². The van der Waals surface area contributed by atoms with Gasteiger partial charge < -0.3 is 15.7 Å². The van der Waals surface area contributed by atoms with E-state index in [9.17, 15) is 4.79 Å². The summed E-state index contributed by atoms with van der Waals surface area (Å²) in [6.07, 6.45) is 1.07. The van der Waals surface area contributed by atoms with Gasteiger partial charge in [-0.2, -0.15) is 0 Å². The summed E-state index contributed by atoms with van der Waals surface area (Å²) in [5.74, 6) is 0.0671. The molecule has 0 spiro atoms. The average molecular weight is 202 g/mol. The Morgan fingerprint density at radius 2 is 2.07 bits per heavy atom. The SMILES string of the molecule is CCC(C)NC(=O)CCNC[C@H](C)O. The van der Waals surface area contributed by atoms with Crippen molar-refractivity contribution in [3.05, 3.63) is 0 Å². The minimum atomic E-state index is -0.354. The molecule has 3 N–H and O–H groups in total. The summed E-state index contributed by atoms with van der Waals surface area (Å²) >= 11 is 0. The lowest BCUT2D eigenvalue weighted by Crippen LogP contribution is -2.35. The molecule has 0 fully saturated rings. The Morgan fingerprint density at radius 3 is 2.57 bits per heavy atom. The molecule has 0 aliphatic rings. The van der Waals surface area contributed by atoms with E-state index in [1.165, 1.54) is 0 Å². The molecule has 0 aromatic carbocycles. The van der Waals surface area contributed by atoms with E-state index in [4.69, 9.17) is 5.11 Å². The minimum absolute atomic E-state index is 0.0671. The third kappa shape index (κ3) is 8.01. The fourth-order valence-electron chi connectivity index (χ4n) is 0.962. The minimum Gasteiger partial charge on any atom is -0.392 e. The van der Waals surface area contributed by atoms with Gasteiger partial charge in [0.25, 0.3) is 0 Å². The van der Waals surface area contributed by atoms with Gasteiger partial charge in [0.05, 0.1) is 6.10 Å². The highest BCUT2D eigenvalue weighted by atomic mass is 16.3. The second-order valence-corrected chi connectivity index (χ2v) is 3.68. The molecule has 2 atom stereocenters. The molecule has 0 saturated carbocycles. The van der Waals surface area contributed by atoms with E-state index in [0.29, 0.717) is 19.5 Å². The van der Waals surface area contributed by atoms with Crippen LogP contribution in [0, 0.1) is 0 Å². The molecule has 0 aromatic heterocycles. The van der Waals surface area contributed by atoms with Crippen LogP contribution < -0.4 is 10.6 Å². The van der Waals surface area contributed by atoms with Gasteiger partial charge in [-0.3, -0.25) is 4.79 Å². The predicted octanol–water partition coefficient (Wildman–Crippen LogP) is 0.262. The highest BCUT2D eigenvalue weighted by molar-refractivity contribution is 5.76. The van der Waals surface area contributed by atoms with E-state index in [0.717, 1.165) is 6.42 Å². The molecule has 84 valence electrons. The van der Waals surface area contributed by atoms with Crippen LogP contribution in [0.2, 0.25) is 0 Å². The van der Waals surface area contributed by atoms with Crippen molar-refractivity contribution in [3.8, 4) is 0 Å². The molecule has 0 bridgehead atoms. The molecule has 0 aliphatic carbocycles. The predicted molar refractivity (Wildman–Crippen MR) is 57.1 cm³/mol. The number of aliphatic hydroxyl groups excluding tert-OH is 1. The van der Waals surface area contributed by atoms with Crippen LogP contribution in [-0.2, 0) is 4.79 Å². The van der Waals surface area contributed by atoms with Crippen LogP contribution in [0.25, 0.3) is 0 Å². The van der Waals surface area contributed by atoms with Crippen molar-refractivity contribution in [3.63, 3.8) is 0 Å². The average Bonchev–Trinajstić information content (AvgIpc) is 2.12. The number of amides is 1. The smallest absolute Gasteiger partial charge is 0.221 e. The normalized spacial score (nSPS) is 14.9. The van der Waals surface area contributed by atoms with Crippen LogP contribution in [0.3, 0.4) is 0 Å². The summed E-state index contributed by atoms with van der Waals surface area (Å²) < 4.78 is 0. The van der Waals surface area contributed by atoms with Gasteiger partial charge in [-0.05, 0) is 20.3 Å². The second-order valence-electron chi connectivity index (χ2n) is 3.68. The van der Waals surface area contributed by atoms with Crippen molar-refractivity contribution in [1.29, 1.82) is 0 Å². The molecule has 0 heterocycles. The summed E-state index contributed by atoms with van der Waals surface area (Å²) in [4.78, 5) is 11.2. The van der Waals surface area contributed by atoms with Crippen molar-refractivity contribution in [2.75, 3.05) is 13.1 Å². The molecular formula is C10H22N2O2. The lowest BCUT2D eigenvalue weighted by atomic mass is 10.2. The van der Waals surface area contributed by atoms with Crippen LogP contribution in [0.4, 0.5) is 0 Å². The number of carbonyl (C=O) groups excluding carboxylic acids is 1. The van der Waals surface area contributed by atoms with Crippen molar-refractivity contribution in [1.82, 2.24) is 10.6 Å². The molecule has 4 nitrogen and oxygen atoms in total. The Morgan fingerprint density at radius 1 is 1.43 bits per heavy atom. The van der Waals surface area contributed by atoms with Crippen LogP contribution >= 0.6 is 0 Å². The van der Waals surface area contributed by atoms with Gasteiger partial charge in [-0.25, -0.2) is 0 Å². The van der Waals surface area contributed by atoms with Crippen molar-refractivity contribution in [2.45, 2.75) is 45.8 Å². The first-order valence-corrected chi connectivity index (χ1v) is 5.24. The fraction of sp³-hybridized carbons (Fsp3) is 0.900. The van der Waals surface area contributed by atoms with Crippen LogP contribution in [0.5, 0.6) is 0 Å². The Bertz CT molecular complexity index is 160. The maximum atomic E-state index is 11.2. The lowest BCUT2D eigenvalue weighted by Gasteiger charge is -2.11. The molecule has 0 rings (SSSR count). The third-order valence-electron chi connectivity index (χ3n) is 1.99.